The Kier molecular flexibility index (Phi) is 1.48. The van der Waals surface area contributed by atoms with Gasteiger partial charge in [0.15, 0.2) is 0 Å². The topological polar surface area (TPSA) is 0 Å². The van der Waals surface area contributed by atoms with Crippen LogP contribution in [0.5, 0.6) is 0 Å². The van der Waals surface area contributed by atoms with Gasteiger partial charge in [0, 0.05) is 10.2 Å². The van der Waals surface area contributed by atoms with Gasteiger partial charge in [-0.25, -0.2) is 0 Å². The van der Waals surface area contributed by atoms with Crippen LogP contribution in [0.3, 0.4) is 0 Å². The molecule has 0 radical (unpaired) electrons. The molecular weight excluding hydrogens is 136 g/mol. The van der Waals surface area contributed by atoms with Crippen LogP contribution in [0, 0.1) is 11.8 Å². The molecule has 0 spiro atoms. The predicted octanol–water partition coefficient (Wildman–Crippen LogP) is 1.45. The molecule has 0 saturated heterocycles. The van der Waals surface area contributed by atoms with Gasteiger partial charge in [-0.05, 0) is 37.5 Å². The summed E-state index contributed by atoms with van der Waals surface area (Å²) in [5.41, 5.74) is 1.86. The molecule has 1 fully saturated rings. The second-order valence-electron chi connectivity index (χ2n) is 3.77. The second kappa shape index (κ2) is 2.23. The zero-order valence-electron chi connectivity index (χ0n) is 6.98. The van der Waals surface area contributed by atoms with Crippen LogP contribution in [0.15, 0.2) is 10.8 Å². The lowest BCUT2D eigenvalue weighted by molar-refractivity contribution is 0.635. The first kappa shape index (κ1) is 6.65. The molecule has 56 valence electrons. The molecule has 1 heteroatoms. The van der Waals surface area contributed by atoms with Crippen LogP contribution < -0.4 is 0 Å². The van der Waals surface area contributed by atoms with Crippen molar-refractivity contribution in [3.05, 3.63) is 10.8 Å². The fourth-order valence-corrected chi connectivity index (χ4v) is 4.13. The van der Waals surface area contributed by atoms with E-state index in [4.69, 9.17) is 0 Å². The molecular formula is C9H16Si. The van der Waals surface area contributed by atoms with E-state index < -0.39 is 0 Å². The van der Waals surface area contributed by atoms with E-state index in [1.165, 1.54) is 35.9 Å². The Labute approximate surface area is 66.1 Å². The van der Waals surface area contributed by atoms with Crippen molar-refractivity contribution in [1.29, 1.82) is 0 Å². The number of rotatable bonds is 1. The number of allylic oxidation sites excluding steroid dienone is 2. The summed E-state index contributed by atoms with van der Waals surface area (Å²) in [6.07, 6.45) is 5.91. The molecule has 10 heavy (non-hydrogen) atoms. The first-order valence-corrected chi connectivity index (χ1v) is 5.52. The van der Waals surface area contributed by atoms with Gasteiger partial charge in [-0.15, -0.1) is 0 Å². The molecule has 0 aromatic carbocycles. The fourth-order valence-electron chi connectivity index (χ4n) is 2.84. The summed E-state index contributed by atoms with van der Waals surface area (Å²) < 4.78 is 0. The largest absolute Gasteiger partial charge is 0.0892 e. The van der Waals surface area contributed by atoms with Crippen LogP contribution in [0.25, 0.3) is 0 Å². The molecule has 0 nitrogen and oxygen atoms in total. The molecule has 2 bridgehead atoms. The van der Waals surface area contributed by atoms with Crippen LogP contribution in [-0.2, 0) is 0 Å². The van der Waals surface area contributed by atoms with Crippen molar-refractivity contribution in [3.8, 4) is 0 Å². The van der Waals surface area contributed by atoms with Gasteiger partial charge in [0.05, 0.1) is 0 Å². The molecule has 0 heterocycles. The second-order valence-corrected chi connectivity index (χ2v) is 4.85. The molecule has 0 amide bonds. The van der Waals surface area contributed by atoms with Crippen molar-refractivity contribution < 1.29 is 0 Å². The van der Waals surface area contributed by atoms with Gasteiger partial charge < -0.3 is 0 Å². The van der Waals surface area contributed by atoms with Crippen molar-refractivity contribution in [2.24, 2.45) is 11.8 Å². The lowest BCUT2D eigenvalue weighted by atomic mass is 9.96. The Bertz CT molecular complexity index is 181. The average molecular weight is 152 g/mol. The number of fused-ring (bicyclic) bond motifs is 2. The third kappa shape index (κ3) is 0.731. The third-order valence-corrected chi connectivity index (χ3v) is 4.88. The Balaban J connectivity index is 2.29. The molecule has 2 aliphatic rings. The molecule has 2 unspecified atom stereocenters. The Morgan fingerprint density at radius 3 is 2.50 bits per heavy atom. The maximum Gasteiger partial charge on any atom is 0.0336 e. The van der Waals surface area contributed by atoms with Gasteiger partial charge in [0.25, 0.3) is 0 Å². The molecule has 2 atom stereocenters. The van der Waals surface area contributed by atoms with Crippen LogP contribution >= 0.6 is 0 Å². The lowest BCUT2D eigenvalue weighted by Crippen LogP contribution is -2.02. The molecule has 1 saturated carbocycles. The smallest absolute Gasteiger partial charge is 0.0336 e. The van der Waals surface area contributed by atoms with Crippen molar-refractivity contribution in [1.82, 2.24) is 0 Å². The summed E-state index contributed by atoms with van der Waals surface area (Å²) in [4.78, 5) is 0. The molecule has 0 aromatic rings. The highest BCUT2D eigenvalue weighted by molar-refractivity contribution is 6.22. The minimum absolute atomic E-state index is 1.04. The van der Waals surface area contributed by atoms with E-state index >= 15 is 0 Å². The highest BCUT2D eigenvalue weighted by Gasteiger charge is 2.35. The Hall–Kier alpha value is -0.0431. The summed E-state index contributed by atoms with van der Waals surface area (Å²) in [5, 5.41) is 1.89. The minimum atomic E-state index is 1.04. The van der Waals surface area contributed by atoms with Gasteiger partial charge >= 0.3 is 0 Å². The van der Waals surface area contributed by atoms with Crippen LogP contribution in [0.2, 0.25) is 0 Å². The summed E-state index contributed by atoms with van der Waals surface area (Å²) >= 11 is 0. The SMILES string of the molecule is CCC1=C([SiH3])C2CCC1C2. The normalized spacial score (nSPS) is 38.1. The van der Waals surface area contributed by atoms with E-state index in [9.17, 15) is 0 Å². The summed E-state index contributed by atoms with van der Waals surface area (Å²) in [7, 11) is 1.35. The zero-order valence-corrected chi connectivity index (χ0v) is 8.98. The Morgan fingerprint density at radius 1 is 1.40 bits per heavy atom. The van der Waals surface area contributed by atoms with E-state index in [1.807, 2.05) is 10.8 Å². The van der Waals surface area contributed by atoms with Crippen molar-refractivity contribution in [3.63, 3.8) is 0 Å². The van der Waals surface area contributed by atoms with E-state index in [1.54, 1.807) is 0 Å². The highest BCUT2D eigenvalue weighted by atomic mass is 28.1. The highest BCUT2D eigenvalue weighted by Crippen LogP contribution is 2.48. The van der Waals surface area contributed by atoms with Gasteiger partial charge in [-0.1, -0.05) is 17.7 Å². The third-order valence-electron chi connectivity index (χ3n) is 3.43. The van der Waals surface area contributed by atoms with Gasteiger partial charge in [-0.3, -0.25) is 0 Å². The molecule has 2 rings (SSSR count). The van der Waals surface area contributed by atoms with Gasteiger partial charge in [0.1, 0.15) is 0 Å². The average Bonchev–Trinajstić information content (AvgIpc) is 2.46. The van der Waals surface area contributed by atoms with E-state index in [-0.39, 0.29) is 0 Å². The van der Waals surface area contributed by atoms with Crippen LogP contribution in [0.4, 0.5) is 0 Å². The maximum atomic E-state index is 2.33. The molecule has 0 N–H and O–H groups in total. The lowest BCUT2D eigenvalue weighted by Gasteiger charge is -2.15. The zero-order chi connectivity index (χ0) is 7.14. The van der Waals surface area contributed by atoms with Crippen molar-refractivity contribution in [2.75, 3.05) is 0 Å². The van der Waals surface area contributed by atoms with Crippen LogP contribution in [-0.4, -0.2) is 10.2 Å². The number of hydrogen-bond donors (Lipinski definition) is 0. The van der Waals surface area contributed by atoms with Crippen molar-refractivity contribution >= 4 is 10.2 Å². The summed E-state index contributed by atoms with van der Waals surface area (Å²) in [5.74, 6) is 2.11. The van der Waals surface area contributed by atoms with E-state index in [0.29, 0.717) is 0 Å². The quantitative estimate of drug-likeness (QED) is 0.499. The molecule has 2 aliphatic carbocycles. The van der Waals surface area contributed by atoms with E-state index in [0.717, 1.165) is 11.8 Å². The predicted molar refractivity (Wildman–Crippen MR) is 48.1 cm³/mol. The van der Waals surface area contributed by atoms with Crippen LogP contribution in [0.1, 0.15) is 32.6 Å². The van der Waals surface area contributed by atoms with Gasteiger partial charge in [-0.2, -0.15) is 0 Å². The summed E-state index contributed by atoms with van der Waals surface area (Å²) in [6, 6.07) is 0. The number of hydrogen-bond acceptors (Lipinski definition) is 0. The first-order valence-electron chi connectivity index (χ1n) is 4.52. The monoisotopic (exact) mass is 152 g/mol. The van der Waals surface area contributed by atoms with Gasteiger partial charge in [0.2, 0.25) is 0 Å². The fraction of sp³-hybridized carbons (Fsp3) is 0.778. The first-order chi connectivity index (χ1) is 4.83. The molecule has 0 aromatic heterocycles. The standard InChI is InChI=1S/C9H16Si/c1-2-8-6-3-4-7(5-6)9(8)10/h6-7H,2-5H2,1,10H3. The summed E-state index contributed by atoms with van der Waals surface area (Å²) in [6.45, 7) is 2.33. The Morgan fingerprint density at radius 2 is 2.10 bits per heavy atom. The van der Waals surface area contributed by atoms with E-state index in [2.05, 4.69) is 6.92 Å². The minimum Gasteiger partial charge on any atom is -0.0892 e. The molecule has 0 aliphatic heterocycles. The maximum absolute atomic E-state index is 2.33. The van der Waals surface area contributed by atoms with Crippen molar-refractivity contribution in [2.45, 2.75) is 32.6 Å².